The van der Waals surface area contributed by atoms with Gasteiger partial charge in [0.1, 0.15) is 10.7 Å². The highest BCUT2D eigenvalue weighted by Crippen LogP contribution is 2.27. The van der Waals surface area contributed by atoms with Gasteiger partial charge in [-0.25, -0.2) is 4.98 Å². The van der Waals surface area contributed by atoms with E-state index in [0.29, 0.717) is 11.7 Å². The molecule has 1 unspecified atom stereocenters. The van der Waals surface area contributed by atoms with Crippen molar-refractivity contribution in [1.29, 1.82) is 0 Å². The fourth-order valence-electron chi connectivity index (χ4n) is 3.40. The van der Waals surface area contributed by atoms with Crippen LogP contribution < -0.4 is 5.32 Å². The zero-order valence-electron chi connectivity index (χ0n) is 12.6. The Labute approximate surface area is 134 Å². The SMILES string of the molecule is O=C(c1csc(C2CCCN2)n1)N1CCCN2CCCN=C21. The van der Waals surface area contributed by atoms with Crippen LogP contribution in [0.4, 0.5) is 0 Å². The summed E-state index contributed by atoms with van der Waals surface area (Å²) < 4.78 is 0. The van der Waals surface area contributed by atoms with Crippen molar-refractivity contribution >= 4 is 23.2 Å². The Hall–Kier alpha value is -1.47. The molecule has 0 aromatic carbocycles. The minimum atomic E-state index is 0.00541. The minimum Gasteiger partial charge on any atom is -0.342 e. The van der Waals surface area contributed by atoms with Gasteiger partial charge in [0, 0.05) is 31.6 Å². The first-order chi connectivity index (χ1) is 10.8. The van der Waals surface area contributed by atoms with Gasteiger partial charge in [-0.05, 0) is 32.2 Å². The molecule has 22 heavy (non-hydrogen) atoms. The Morgan fingerprint density at radius 2 is 2.18 bits per heavy atom. The molecular formula is C15H21N5OS. The van der Waals surface area contributed by atoms with Crippen molar-refractivity contribution in [2.45, 2.75) is 31.7 Å². The highest BCUT2D eigenvalue weighted by atomic mass is 32.1. The number of carbonyl (C=O) groups excluding carboxylic acids is 1. The number of guanidine groups is 1. The Morgan fingerprint density at radius 3 is 3.05 bits per heavy atom. The van der Waals surface area contributed by atoms with E-state index in [1.165, 1.54) is 6.42 Å². The molecule has 7 heteroatoms. The topological polar surface area (TPSA) is 60.8 Å². The Balaban J connectivity index is 1.54. The van der Waals surface area contributed by atoms with Crippen molar-refractivity contribution in [3.8, 4) is 0 Å². The number of aromatic nitrogens is 1. The van der Waals surface area contributed by atoms with Gasteiger partial charge in [-0.2, -0.15) is 0 Å². The van der Waals surface area contributed by atoms with E-state index in [2.05, 4.69) is 20.2 Å². The summed E-state index contributed by atoms with van der Waals surface area (Å²) >= 11 is 1.59. The van der Waals surface area contributed by atoms with Gasteiger partial charge < -0.3 is 10.2 Å². The van der Waals surface area contributed by atoms with Gasteiger partial charge in [0.2, 0.25) is 5.96 Å². The fraction of sp³-hybridized carbons (Fsp3) is 0.667. The zero-order chi connectivity index (χ0) is 14.9. The molecule has 1 amide bonds. The van der Waals surface area contributed by atoms with Crippen LogP contribution >= 0.6 is 11.3 Å². The Kier molecular flexibility index (Phi) is 3.83. The van der Waals surface area contributed by atoms with Crippen molar-refractivity contribution in [2.75, 3.05) is 32.7 Å². The second-order valence-electron chi connectivity index (χ2n) is 6.05. The van der Waals surface area contributed by atoms with E-state index < -0.39 is 0 Å². The minimum absolute atomic E-state index is 0.00541. The van der Waals surface area contributed by atoms with Crippen molar-refractivity contribution < 1.29 is 4.79 Å². The standard InChI is InChI=1S/C15H21N5OS/c21-14(12-10-22-13(18-12)11-4-1-5-16-11)20-9-3-8-19-7-2-6-17-15(19)20/h10-11,16H,1-9H2. The second-order valence-corrected chi connectivity index (χ2v) is 6.94. The summed E-state index contributed by atoms with van der Waals surface area (Å²) in [6.07, 6.45) is 4.39. The highest BCUT2D eigenvalue weighted by Gasteiger charge is 2.32. The number of aliphatic imine (C=N–C) groups is 1. The van der Waals surface area contributed by atoms with Gasteiger partial charge in [-0.3, -0.25) is 14.7 Å². The summed E-state index contributed by atoms with van der Waals surface area (Å²) in [5.41, 5.74) is 0.573. The molecule has 0 spiro atoms. The van der Waals surface area contributed by atoms with Crippen LogP contribution in [0.1, 0.15) is 47.2 Å². The first-order valence-electron chi connectivity index (χ1n) is 8.13. The number of hydrogen-bond acceptors (Lipinski definition) is 6. The Morgan fingerprint density at radius 1 is 1.27 bits per heavy atom. The van der Waals surface area contributed by atoms with E-state index in [1.807, 2.05) is 10.3 Å². The maximum atomic E-state index is 12.8. The number of fused-ring (bicyclic) bond motifs is 1. The molecule has 0 saturated carbocycles. The Bertz CT molecular complexity index is 593. The number of thiazole rings is 1. The lowest BCUT2D eigenvalue weighted by molar-refractivity contribution is 0.0795. The van der Waals surface area contributed by atoms with E-state index in [0.717, 1.165) is 63.0 Å². The van der Waals surface area contributed by atoms with E-state index in [-0.39, 0.29) is 5.91 Å². The number of hydrogen-bond donors (Lipinski definition) is 1. The summed E-state index contributed by atoms with van der Waals surface area (Å²) in [5.74, 6) is 0.863. The average molecular weight is 319 g/mol. The van der Waals surface area contributed by atoms with Gasteiger partial charge in [-0.15, -0.1) is 11.3 Å². The van der Waals surface area contributed by atoms with Crippen LogP contribution in [0.25, 0.3) is 0 Å². The van der Waals surface area contributed by atoms with Crippen molar-refractivity contribution in [3.05, 3.63) is 16.1 Å². The molecule has 0 bridgehead atoms. The third-order valence-corrected chi connectivity index (χ3v) is 5.48. The van der Waals surface area contributed by atoms with Crippen molar-refractivity contribution in [3.63, 3.8) is 0 Å². The molecule has 0 aliphatic carbocycles. The maximum Gasteiger partial charge on any atom is 0.280 e. The smallest absolute Gasteiger partial charge is 0.280 e. The lowest BCUT2D eigenvalue weighted by Crippen LogP contribution is -2.54. The van der Waals surface area contributed by atoms with Crippen LogP contribution in [-0.4, -0.2) is 59.4 Å². The molecular weight excluding hydrogens is 298 g/mol. The van der Waals surface area contributed by atoms with E-state index in [9.17, 15) is 4.79 Å². The van der Waals surface area contributed by atoms with Crippen LogP contribution in [0.15, 0.2) is 10.4 Å². The van der Waals surface area contributed by atoms with Crippen LogP contribution in [0.2, 0.25) is 0 Å². The summed E-state index contributed by atoms with van der Waals surface area (Å²) in [7, 11) is 0. The van der Waals surface area contributed by atoms with Crippen LogP contribution in [0.3, 0.4) is 0 Å². The predicted octanol–water partition coefficient (Wildman–Crippen LogP) is 1.48. The van der Waals surface area contributed by atoms with Crippen LogP contribution in [0, 0.1) is 0 Å². The van der Waals surface area contributed by atoms with Gasteiger partial charge in [-0.1, -0.05) is 0 Å². The fourth-order valence-corrected chi connectivity index (χ4v) is 4.30. The third kappa shape index (κ3) is 2.52. The van der Waals surface area contributed by atoms with E-state index in [1.54, 1.807) is 11.3 Å². The van der Waals surface area contributed by atoms with Crippen molar-refractivity contribution in [1.82, 2.24) is 20.1 Å². The van der Waals surface area contributed by atoms with Gasteiger partial charge in [0.05, 0.1) is 6.04 Å². The number of nitrogens with one attached hydrogen (secondary N) is 1. The molecule has 2 fully saturated rings. The quantitative estimate of drug-likeness (QED) is 0.897. The predicted molar refractivity (Wildman–Crippen MR) is 86.2 cm³/mol. The summed E-state index contributed by atoms with van der Waals surface area (Å²) in [5, 5.41) is 6.39. The molecule has 118 valence electrons. The number of carbonyl (C=O) groups is 1. The monoisotopic (exact) mass is 319 g/mol. The van der Waals surface area contributed by atoms with Gasteiger partial charge >= 0.3 is 0 Å². The van der Waals surface area contributed by atoms with Crippen LogP contribution in [0.5, 0.6) is 0 Å². The molecule has 4 heterocycles. The third-order valence-electron chi connectivity index (χ3n) is 4.52. The molecule has 3 aliphatic heterocycles. The lowest BCUT2D eigenvalue weighted by atomic mass is 10.2. The zero-order valence-corrected chi connectivity index (χ0v) is 13.4. The largest absolute Gasteiger partial charge is 0.342 e. The molecule has 1 N–H and O–H groups in total. The average Bonchev–Trinajstić information content (AvgIpc) is 3.24. The van der Waals surface area contributed by atoms with E-state index >= 15 is 0 Å². The first-order valence-corrected chi connectivity index (χ1v) is 9.01. The van der Waals surface area contributed by atoms with Gasteiger partial charge in [0.25, 0.3) is 5.91 Å². The first kappa shape index (κ1) is 14.1. The molecule has 1 aromatic rings. The summed E-state index contributed by atoms with van der Waals surface area (Å²) in [4.78, 5) is 26.1. The number of amides is 1. The summed E-state index contributed by atoms with van der Waals surface area (Å²) in [6.45, 7) is 4.64. The normalized spacial score (nSPS) is 25.1. The van der Waals surface area contributed by atoms with Crippen molar-refractivity contribution in [2.24, 2.45) is 4.99 Å². The van der Waals surface area contributed by atoms with Gasteiger partial charge in [0.15, 0.2) is 0 Å². The molecule has 6 nitrogen and oxygen atoms in total. The maximum absolute atomic E-state index is 12.8. The lowest BCUT2D eigenvalue weighted by Gasteiger charge is -2.39. The molecule has 0 radical (unpaired) electrons. The van der Waals surface area contributed by atoms with Crippen LogP contribution in [-0.2, 0) is 0 Å². The summed E-state index contributed by atoms with van der Waals surface area (Å²) in [6, 6.07) is 0.330. The molecule has 1 aromatic heterocycles. The number of nitrogens with zero attached hydrogens (tertiary/aromatic N) is 4. The molecule has 3 aliphatic rings. The second kappa shape index (κ2) is 5.96. The number of rotatable bonds is 2. The van der Waals surface area contributed by atoms with E-state index in [4.69, 9.17) is 0 Å². The highest BCUT2D eigenvalue weighted by molar-refractivity contribution is 7.09. The molecule has 1 atom stereocenters. The molecule has 4 rings (SSSR count). The molecule has 2 saturated heterocycles.